The molecular formula is C20H22FN5O3. The summed E-state index contributed by atoms with van der Waals surface area (Å²) in [6.07, 6.45) is -0.627. The highest BCUT2D eigenvalue weighted by Gasteiger charge is 2.20. The lowest BCUT2D eigenvalue weighted by atomic mass is 10.1. The van der Waals surface area contributed by atoms with Gasteiger partial charge < -0.3 is 14.6 Å². The lowest BCUT2D eigenvalue weighted by Gasteiger charge is -2.36. The molecule has 9 heteroatoms. The van der Waals surface area contributed by atoms with E-state index in [4.69, 9.17) is 10.00 Å². The van der Waals surface area contributed by atoms with Crippen molar-refractivity contribution < 1.29 is 13.9 Å². The van der Waals surface area contributed by atoms with Gasteiger partial charge in [-0.25, -0.2) is 9.18 Å². The van der Waals surface area contributed by atoms with Crippen LogP contribution in [0.25, 0.3) is 0 Å². The molecule has 3 rings (SSSR count). The molecule has 2 heterocycles. The van der Waals surface area contributed by atoms with Crippen LogP contribution in [-0.4, -0.2) is 48.8 Å². The van der Waals surface area contributed by atoms with Crippen LogP contribution in [0.1, 0.15) is 18.1 Å². The second kappa shape index (κ2) is 9.21. The van der Waals surface area contributed by atoms with Crippen molar-refractivity contribution in [2.45, 2.75) is 13.5 Å². The Balaban J connectivity index is 1.61. The number of ether oxygens (including phenoxy) is 1. The number of benzene rings is 1. The van der Waals surface area contributed by atoms with E-state index in [9.17, 15) is 14.0 Å². The minimum Gasteiger partial charge on any atom is -0.450 e. The van der Waals surface area contributed by atoms with E-state index in [0.717, 1.165) is 5.56 Å². The zero-order chi connectivity index (χ0) is 20.8. The average Bonchev–Trinajstić information content (AvgIpc) is 2.68. The molecule has 1 aliphatic rings. The molecule has 29 heavy (non-hydrogen) atoms. The molecule has 2 aromatic rings. The molecule has 1 aromatic heterocycles. The van der Waals surface area contributed by atoms with E-state index in [0.29, 0.717) is 44.0 Å². The summed E-state index contributed by atoms with van der Waals surface area (Å²) >= 11 is 0. The minimum absolute atomic E-state index is 0.236. The number of H-pyrrole nitrogens is 1. The number of aromatic amines is 1. The van der Waals surface area contributed by atoms with Gasteiger partial charge in [0, 0.05) is 38.8 Å². The van der Waals surface area contributed by atoms with Crippen LogP contribution < -0.4 is 15.8 Å². The number of amides is 1. The van der Waals surface area contributed by atoms with Crippen LogP contribution in [0.2, 0.25) is 0 Å². The Kier molecular flexibility index (Phi) is 6.46. The number of pyridine rings is 1. The van der Waals surface area contributed by atoms with E-state index in [2.05, 4.69) is 15.2 Å². The van der Waals surface area contributed by atoms with Crippen molar-refractivity contribution >= 4 is 17.6 Å². The number of piperazine rings is 1. The first-order valence-corrected chi connectivity index (χ1v) is 9.32. The monoisotopic (exact) mass is 399 g/mol. The first kappa shape index (κ1) is 20.4. The van der Waals surface area contributed by atoms with Crippen molar-refractivity contribution in [3.8, 4) is 6.07 Å². The maximum absolute atomic E-state index is 14.2. The smallest absolute Gasteiger partial charge is 0.412 e. The Labute approximate surface area is 167 Å². The number of hydrogen-bond acceptors (Lipinski definition) is 6. The molecule has 0 radical (unpaired) electrons. The van der Waals surface area contributed by atoms with Crippen LogP contribution in [0.15, 0.2) is 35.1 Å². The Morgan fingerprint density at radius 2 is 2.03 bits per heavy atom. The van der Waals surface area contributed by atoms with Crippen LogP contribution in [0.3, 0.4) is 0 Å². The number of nitriles is 1. The molecule has 1 aliphatic heterocycles. The summed E-state index contributed by atoms with van der Waals surface area (Å²) in [5.74, 6) is -0.119. The predicted octanol–water partition coefficient (Wildman–Crippen LogP) is 2.28. The number of nitrogens with zero attached hydrogens (tertiary/aromatic N) is 3. The molecule has 1 amide bonds. The van der Waals surface area contributed by atoms with Crippen molar-refractivity contribution in [3.05, 3.63) is 57.6 Å². The maximum atomic E-state index is 14.2. The highest BCUT2D eigenvalue weighted by atomic mass is 19.1. The van der Waals surface area contributed by atoms with E-state index in [1.807, 2.05) is 11.0 Å². The highest BCUT2D eigenvalue weighted by Crippen LogP contribution is 2.22. The number of carbonyl (C=O) groups excluding carboxylic acids is 1. The third-order valence-corrected chi connectivity index (χ3v) is 4.61. The Bertz CT molecular complexity index is 977. The topological polar surface area (TPSA) is 101 Å². The molecule has 1 aromatic carbocycles. The number of rotatable bonds is 5. The molecule has 0 bridgehead atoms. The van der Waals surface area contributed by atoms with Crippen molar-refractivity contribution in [2.75, 3.05) is 43.0 Å². The summed E-state index contributed by atoms with van der Waals surface area (Å²) in [5, 5.41) is 11.4. The molecule has 0 spiro atoms. The summed E-state index contributed by atoms with van der Waals surface area (Å²) in [7, 11) is 0. The van der Waals surface area contributed by atoms with E-state index in [1.54, 1.807) is 25.1 Å². The minimum atomic E-state index is -0.627. The first-order valence-electron chi connectivity index (χ1n) is 9.32. The van der Waals surface area contributed by atoms with Crippen molar-refractivity contribution in [1.82, 2.24) is 9.88 Å². The van der Waals surface area contributed by atoms with Gasteiger partial charge in [-0.2, -0.15) is 5.26 Å². The second-order valence-corrected chi connectivity index (χ2v) is 6.65. The Hall–Kier alpha value is -3.38. The number of halogens is 1. The summed E-state index contributed by atoms with van der Waals surface area (Å²) in [6, 6.07) is 9.61. The Morgan fingerprint density at radius 1 is 1.28 bits per heavy atom. The second-order valence-electron chi connectivity index (χ2n) is 6.65. The zero-order valence-electron chi connectivity index (χ0n) is 16.1. The molecule has 0 atom stereocenters. The fourth-order valence-corrected chi connectivity index (χ4v) is 3.27. The van der Waals surface area contributed by atoms with E-state index >= 15 is 0 Å². The number of carbonyl (C=O) groups is 1. The van der Waals surface area contributed by atoms with Gasteiger partial charge in [0.1, 0.15) is 11.6 Å². The summed E-state index contributed by atoms with van der Waals surface area (Å²) in [6.45, 7) is 5.09. The fraction of sp³-hybridized carbons (Fsp3) is 0.350. The molecule has 2 N–H and O–H groups in total. The Morgan fingerprint density at radius 3 is 2.69 bits per heavy atom. The molecular weight excluding hydrogens is 377 g/mol. The zero-order valence-corrected chi connectivity index (χ0v) is 16.1. The van der Waals surface area contributed by atoms with E-state index in [1.165, 1.54) is 12.1 Å². The van der Waals surface area contributed by atoms with Crippen LogP contribution in [-0.2, 0) is 11.3 Å². The summed E-state index contributed by atoms with van der Waals surface area (Å²) in [4.78, 5) is 30.1. The van der Waals surface area contributed by atoms with E-state index < -0.39 is 11.9 Å². The van der Waals surface area contributed by atoms with Gasteiger partial charge in [-0.15, -0.1) is 0 Å². The molecule has 8 nitrogen and oxygen atoms in total. The molecule has 1 saturated heterocycles. The summed E-state index contributed by atoms with van der Waals surface area (Å²) < 4.78 is 19.0. The molecule has 0 saturated carbocycles. The predicted molar refractivity (Wildman–Crippen MR) is 106 cm³/mol. The fourth-order valence-electron chi connectivity index (χ4n) is 3.27. The summed E-state index contributed by atoms with van der Waals surface area (Å²) in [5.41, 5.74) is 1.23. The van der Waals surface area contributed by atoms with Gasteiger partial charge in [0.25, 0.3) is 0 Å². The normalized spacial score (nSPS) is 14.3. The number of nitrogens with one attached hydrogen (secondary N) is 2. The van der Waals surface area contributed by atoms with Gasteiger partial charge in [-0.1, -0.05) is 0 Å². The number of aromatic nitrogens is 1. The quantitative estimate of drug-likeness (QED) is 0.800. The van der Waals surface area contributed by atoms with Gasteiger partial charge in [-0.05, 0) is 36.8 Å². The number of anilines is 2. The lowest BCUT2D eigenvalue weighted by Crippen LogP contribution is -2.46. The number of hydrogen-bond donors (Lipinski definition) is 2. The van der Waals surface area contributed by atoms with Gasteiger partial charge in [0.15, 0.2) is 0 Å². The first-order chi connectivity index (χ1) is 14.0. The van der Waals surface area contributed by atoms with Crippen LogP contribution in [0.4, 0.5) is 20.7 Å². The van der Waals surface area contributed by atoms with Crippen molar-refractivity contribution in [1.29, 1.82) is 5.26 Å². The molecule has 152 valence electrons. The molecule has 0 aliphatic carbocycles. The third kappa shape index (κ3) is 5.33. The lowest BCUT2D eigenvalue weighted by molar-refractivity contribution is 0.168. The van der Waals surface area contributed by atoms with Crippen molar-refractivity contribution in [2.24, 2.45) is 0 Å². The largest absolute Gasteiger partial charge is 0.450 e. The van der Waals surface area contributed by atoms with Crippen LogP contribution in [0.5, 0.6) is 0 Å². The van der Waals surface area contributed by atoms with E-state index in [-0.39, 0.29) is 18.0 Å². The molecule has 1 fully saturated rings. The van der Waals surface area contributed by atoms with Gasteiger partial charge >= 0.3 is 6.09 Å². The highest BCUT2D eigenvalue weighted by molar-refractivity contribution is 5.83. The SMILES string of the molecule is CCOC(=O)Nc1cc(CN2CCN(c3ccc(C#N)cc3F)CC2)cc(=O)[nH]1. The van der Waals surface area contributed by atoms with Crippen LogP contribution in [0, 0.1) is 17.1 Å². The average molecular weight is 399 g/mol. The standard InChI is InChI=1S/C20H22FN5O3/c1-2-29-20(28)24-18-10-15(11-19(27)23-18)13-25-5-7-26(8-6-25)17-4-3-14(12-22)9-16(17)21/h3-4,9-11H,2,5-8,13H2,1H3,(H2,23,24,27,28). The third-order valence-electron chi connectivity index (χ3n) is 4.61. The van der Waals surface area contributed by atoms with Crippen LogP contribution >= 0.6 is 0 Å². The maximum Gasteiger partial charge on any atom is 0.412 e. The molecule has 0 unspecified atom stereocenters. The van der Waals surface area contributed by atoms with Crippen molar-refractivity contribution in [3.63, 3.8) is 0 Å². The van der Waals surface area contributed by atoms with Gasteiger partial charge in [0.05, 0.1) is 23.9 Å². The van der Waals surface area contributed by atoms with Gasteiger partial charge in [0.2, 0.25) is 5.56 Å². The van der Waals surface area contributed by atoms with Gasteiger partial charge in [-0.3, -0.25) is 15.0 Å².